The molecule has 2 rings (SSSR count). The molecule has 0 aliphatic rings. The fourth-order valence-corrected chi connectivity index (χ4v) is 2.15. The van der Waals surface area contributed by atoms with Crippen molar-refractivity contribution in [1.82, 2.24) is 4.98 Å². The molecule has 0 aliphatic heterocycles. The van der Waals surface area contributed by atoms with Crippen molar-refractivity contribution in [1.29, 1.82) is 0 Å². The van der Waals surface area contributed by atoms with Crippen LogP contribution in [0.5, 0.6) is 0 Å². The molecule has 0 unspecified atom stereocenters. The Morgan fingerprint density at radius 3 is 2.47 bits per heavy atom. The second kappa shape index (κ2) is 3.71. The van der Waals surface area contributed by atoms with Gasteiger partial charge in [0.15, 0.2) is 5.58 Å². The Kier molecular flexibility index (Phi) is 2.71. The molecule has 1 aromatic heterocycles. The maximum absolute atomic E-state index is 11.2. The molecule has 92 valence electrons. The molecule has 0 saturated carbocycles. The highest BCUT2D eigenvalue weighted by Gasteiger charge is 2.21. The molecule has 1 heterocycles. The zero-order chi connectivity index (χ0) is 12.8. The third-order valence-electron chi connectivity index (χ3n) is 2.28. The van der Waals surface area contributed by atoms with E-state index < -0.39 is 9.05 Å². The van der Waals surface area contributed by atoms with Crippen LogP contribution in [-0.2, 0) is 14.5 Å². The van der Waals surface area contributed by atoms with E-state index in [9.17, 15) is 8.42 Å². The van der Waals surface area contributed by atoms with E-state index in [1.807, 2.05) is 20.8 Å². The van der Waals surface area contributed by atoms with E-state index >= 15 is 0 Å². The summed E-state index contributed by atoms with van der Waals surface area (Å²) in [4.78, 5) is 4.30. The Morgan fingerprint density at radius 2 is 1.94 bits per heavy atom. The summed E-state index contributed by atoms with van der Waals surface area (Å²) in [5.41, 5.74) is 0.828. The molecule has 0 atom stereocenters. The monoisotopic (exact) mass is 273 g/mol. The van der Waals surface area contributed by atoms with Crippen LogP contribution in [-0.4, -0.2) is 13.4 Å². The number of hydrogen-bond donors (Lipinski definition) is 0. The van der Waals surface area contributed by atoms with E-state index in [0.29, 0.717) is 17.0 Å². The average molecular weight is 274 g/mol. The molecule has 0 radical (unpaired) electrons. The standard InChI is InChI=1S/C11H12ClNO3S/c1-11(2,3)10-13-8-6-7(17(12,14)15)4-5-9(8)16-10/h4-6H,1-3H3. The van der Waals surface area contributed by atoms with Gasteiger partial charge in [0, 0.05) is 16.1 Å². The largest absolute Gasteiger partial charge is 0.440 e. The third kappa shape index (κ3) is 2.45. The van der Waals surface area contributed by atoms with Gasteiger partial charge in [0.2, 0.25) is 5.89 Å². The highest BCUT2D eigenvalue weighted by molar-refractivity contribution is 8.13. The molecule has 17 heavy (non-hydrogen) atoms. The smallest absolute Gasteiger partial charge is 0.261 e. The summed E-state index contributed by atoms with van der Waals surface area (Å²) in [5.74, 6) is 0.566. The van der Waals surface area contributed by atoms with Gasteiger partial charge in [0.05, 0.1) is 4.90 Å². The number of benzene rings is 1. The van der Waals surface area contributed by atoms with Crippen LogP contribution >= 0.6 is 10.7 Å². The predicted molar refractivity (Wildman–Crippen MR) is 65.7 cm³/mol. The average Bonchev–Trinajstić information content (AvgIpc) is 2.57. The lowest BCUT2D eigenvalue weighted by molar-refractivity contribution is 0.411. The minimum atomic E-state index is -3.73. The first-order valence-electron chi connectivity index (χ1n) is 5.04. The minimum absolute atomic E-state index is 0.0282. The zero-order valence-corrected chi connectivity index (χ0v) is 11.3. The Balaban J connectivity index is 2.64. The van der Waals surface area contributed by atoms with Crippen LogP contribution < -0.4 is 0 Å². The maximum Gasteiger partial charge on any atom is 0.261 e. The Morgan fingerprint density at radius 1 is 1.29 bits per heavy atom. The van der Waals surface area contributed by atoms with Crippen molar-refractivity contribution in [3.63, 3.8) is 0 Å². The van der Waals surface area contributed by atoms with Gasteiger partial charge in [0.25, 0.3) is 9.05 Å². The molecule has 6 heteroatoms. The lowest BCUT2D eigenvalue weighted by Gasteiger charge is -2.11. The highest BCUT2D eigenvalue weighted by Crippen LogP contribution is 2.27. The van der Waals surface area contributed by atoms with Crippen LogP contribution in [0.1, 0.15) is 26.7 Å². The topological polar surface area (TPSA) is 60.2 Å². The summed E-state index contributed by atoms with van der Waals surface area (Å²) in [6.45, 7) is 5.91. The molecule has 0 aliphatic carbocycles. The molecule has 0 spiro atoms. The fourth-order valence-electron chi connectivity index (χ4n) is 1.38. The summed E-state index contributed by atoms with van der Waals surface area (Å²) in [6.07, 6.45) is 0. The van der Waals surface area contributed by atoms with Crippen molar-refractivity contribution in [2.24, 2.45) is 0 Å². The van der Waals surface area contributed by atoms with Crippen molar-refractivity contribution in [2.45, 2.75) is 31.1 Å². The van der Waals surface area contributed by atoms with Gasteiger partial charge in [-0.3, -0.25) is 0 Å². The Hall–Kier alpha value is -1.07. The Labute approximate surface area is 104 Å². The first-order chi connectivity index (χ1) is 7.68. The van der Waals surface area contributed by atoms with Crippen molar-refractivity contribution in [3.8, 4) is 0 Å². The summed E-state index contributed by atoms with van der Waals surface area (Å²) in [5, 5.41) is 0. The second-order valence-corrected chi connectivity index (χ2v) is 7.40. The number of rotatable bonds is 1. The molecular weight excluding hydrogens is 262 g/mol. The molecule has 0 fully saturated rings. The molecule has 4 nitrogen and oxygen atoms in total. The molecule has 0 N–H and O–H groups in total. The number of hydrogen-bond acceptors (Lipinski definition) is 4. The van der Waals surface area contributed by atoms with Crippen LogP contribution in [0.2, 0.25) is 0 Å². The van der Waals surface area contributed by atoms with Gasteiger partial charge < -0.3 is 4.42 Å². The van der Waals surface area contributed by atoms with E-state index in [1.54, 1.807) is 6.07 Å². The number of aromatic nitrogens is 1. The van der Waals surface area contributed by atoms with Crippen LogP contribution in [0.4, 0.5) is 0 Å². The number of fused-ring (bicyclic) bond motifs is 1. The molecule has 0 amide bonds. The van der Waals surface area contributed by atoms with Crippen molar-refractivity contribution in [2.75, 3.05) is 0 Å². The molecule has 1 aromatic carbocycles. The number of nitrogens with zero attached hydrogens (tertiary/aromatic N) is 1. The number of halogens is 1. The molecule has 0 bridgehead atoms. The highest BCUT2D eigenvalue weighted by atomic mass is 35.7. The predicted octanol–water partition coefficient (Wildman–Crippen LogP) is 3.05. The van der Waals surface area contributed by atoms with E-state index in [-0.39, 0.29) is 10.3 Å². The maximum atomic E-state index is 11.2. The van der Waals surface area contributed by atoms with E-state index in [4.69, 9.17) is 15.1 Å². The molecular formula is C11H12ClNO3S. The second-order valence-electron chi connectivity index (χ2n) is 4.84. The van der Waals surface area contributed by atoms with Crippen LogP contribution in [0, 0.1) is 0 Å². The first kappa shape index (κ1) is 12.4. The van der Waals surface area contributed by atoms with E-state index in [1.165, 1.54) is 12.1 Å². The van der Waals surface area contributed by atoms with Crippen molar-refractivity contribution in [3.05, 3.63) is 24.1 Å². The van der Waals surface area contributed by atoms with Crippen LogP contribution in [0.25, 0.3) is 11.1 Å². The zero-order valence-electron chi connectivity index (χ0n) is 9.69. The summed E-state index contributed by atoms with van der Waals surface area (Å²) >= 11 is 0. The quantitative estimate of drug-likeness (QED) is 0.749. The lowest BCUT2D eigenvalue weighted by atomic mass is 9.97. The summed E-state index contributed by atoms with van der Waals surface area (Å²) in [7, 11) is 1.54. The van der Waals surface area contributed by atoms with Gasteiger partial charge in [-0.15, -0.1) is 0 Å². The van der Waals surface area contributed by atoms with E-state index in [0.717, 1.165) is 0 Å². The lowest BCUT2D eigenvalue weighted by Crippen LogP contribution is -2.10. The summed E-state index contributed by atoms with van der Waals surface area (Å²) in [6, 6.07) is 4.38. The third-order valence-corrected chi connectivity index (χ3v) is 3.63. The summed E-state index contributed by atoms with van der Waals surface area (Å²) < 4.78 is 27.9. The van der Waals surface area contributed by atoms with Gasteiger partial charge in [-0.25, -0.2) is 13.4 Å². The van der Waals surface area contributed by atoms with Crippen molar-refractivity contribution >= 4 is 30.8 Å². The normalized spacial score (nSPS) is 13.2. The minimum Gasteiger partial charge on any atom is -0.440 e. The van der Waals surface area contributed by atoms with Gasteiger partial charge in [-0.2, -0.15) is 0 Å². The fraction of sp³-hybridized carbons (Fsp3) is 0.364. The SMILES string of the molecule is CC(C)(C)c1nc2cc(S(=O)(=O)Cl)ccc2o1. The first-order valence-corrected chi connectivity index (χ1v) is 7.34. The van der Waals surface area contributed by atoms with Crippen LogP contribution in [0.3, 0.4) is 0 Å². The van der Waals surface area contributed by atoms with Gasteiger partial charge in [0.1, 0.15) is 5.52 Å². The van der Waals surface area contributed by atoms with Gasteiger partial charge in [-0.1, -0.05) is 20.8 Å². The number of oxazole rings is 1. The molecule has 0 saturated heterocycles. The van der Waals surface area contributed by atoms with Gasteiger partial charge >= 0.3 is 0 Å². The molecule has 2 aromatic rings. The van der Waals surface area contributed by atoms with E-state index in [2.05, 4.69) is 4.98 Å². The van der Waals surface area contributed by atoms with Crippen molar-refractivity contribution < 1.29 is 12.8 Å². The van der Waals surface area contributed by atoms with Crippen LogP contribution in [0.15, 0.2) is 27.5 Å². The van der Waals surface area contributed by atoms with Gasteiger partial charge in [-0.05, 0) is 18.2 Å². The Bertz CT molecular complexity index is 668.